The van der Waals surface area contributed by atoms with E-state index in [1.165, 1.54) is 0 Å². The second-order valence-corrected chi connectivity index (χ2v) is 7.70. The Kier molecular flexibility index (Phi) is 5.20. The van der Waals surface area contributed by atoms with Gasteiger partial charge in [0.15, 0.2) is 0 Å². The molecule has 0 unspecified atom stereocenters. The first-order valence-corrected chi connectivity index (χ1v) is 9.28. The Morgan fingerprint density at radius 2 is 1.92 bits per heavy atom. The lowest BCUT2D eigenvalue weighted by atomic mass is 9.92. The van der Waals surface area contributed by atoms with E-state index in [4.69, 9.17) is 5.73 Å². The highest BCUT2D eigenvalue weighted by Crippen LogP contribution is 2.30. The van der Waals surface area contributed by atoms with Crippen LogP contribution in [0, 0.1) is 5.92 Å². The summed E-state index contributed by atoms with van der Waals surface area (Å²) < 4.78 is 0.870. The molecular weight excluding hydrogens is 372 g/mol. The molecule has 6 nitrogen and oxygen atoms in total. The lowest BCUT2D eigenvalue weighted by Crippen LogP contribution is -2.55. The van der Waals surface area contributed by atoms with E-state index < -0.39 is 5.54 Å². The van der Waals surface area contributed by atoms with Gasteiger partial charge in [-0.3, -0.25) is 9.59 Å². The molecule has 0 aromatic carbocycles. The molecule has 24 heavy (non-hydrogen) atoms. The van der Waals surface area contributed by atoms with Crippen molar-refractivity contribution in [1.82, 2.24) is 9.88 Å². The number of piperidine rings is 1. The van der Waals surface area contributed by atoms with Crippen molar-refractivity contribution >= 4 is 33.6 Å². The topological polar surface area (TPSA) is 88.3 Å². The fourth-order valence-corrected chi connectivity index (χ4v) is 3.79. The Morgan fingerprint density at radius 1 is 1.25 bits per heavy atom. The Hall–Kier alpha value is -1.47. The third-order valence-electron chi connectivity index (χ3n) is 5.05. The third-order valence-corrected chi connectivity index (χ3v) is 5.52. The van der Waals surface area contributed by atoms with Crippen molar-refractivity contribution in [2.24, 2.45) is 11.7 Å². The zero-order valence-corrected chi connectivity index (χ0v) is 15.2. The molecule has 2 aliphatic rings. The van der Waals surface area contributed by atoms with Crippen LogP contribution in [0.5, 0.6) is 0 Å². The first-order valence-electron chi connectivity index (χ1n) is 8.49. The van der Waals surface area contributed by atoms with Gasteiger partial charge >= 0.3 is 0 Å². The number of nitrogens with two attached hydrogens (primary N) is 1. The van der Waals surface area contributed by atoms with E-state index in [1.54, 1.807) is 12.3 Å². The summed E-state index contributed by atoms with van der Waals surface area (Å²) in [5, 5.41) is 2.85. The van der Waals surface area contributed by atoms with Gasteiger partial charge in [0.2, 0.25) is 11.8 Å². The van der Waals surface area contributed by atoms with Gasteiger partial charge in [-0.25, -0.2) is 4.98 Å². The second-order valence-electron chi connectivity index (χ2n) is 6.78. The number of likely N-dealkylation sites (tertiary alicyclic amines) is 1. The molecule has 1 aromatic heterocycles. The zero-order valence-electron chi connectivity index (χ0n) is 13.6. The van der Waals surface area contributed by atoms with Gasteiger partial charge in [0.05, 0.1) is 5.54 Å². The number of pyridine rings is 1. The van der Waals surface area contributed by atoms with E-state index in [9.17, 15) is 9.59 Å². The van der Waals surface area contributed by atoms with Crippen LogP contribution in [0.15, 0.2) is 22.8 Å². The van der Waals surface area contributed by atoms with Crippen LogP contribution in [-0.4, -0.2) is 40.3 Å². The van der Waals surface area contributed by atoms with Crippen LogP contribution in [0.1, 0.15) is 38.5 Å². The van der Waals surface area contributed by atoms with Gasteiger partial charge in [0.1, 0.15) is 5.82 Å². The molecule has 2 heterocycles. The predicted molar refractivity (Wildman–Crippen MR) is 95.3 cm³/mol. The number of carbonyl (C=O) groups excluding carboxylic acids is 2. The first-order chi connectivity index (χ1) is 11.5. The first kappa shape index (κ1) is 17.4. The molecule has 0 atom stereocenters. The minimum absolute atomic E-state index is 0.0275. The quantitative estimate of drug-likeness (QED) is 0.822. The summed E-state index contributed by atoms with van der Waals surface area (Å²) in [4.78, 5) is 31.0. The Bertz CT molecular complexity index is 606. The number of rotatable bonds is 3. The smallest absolute Gasteiger partial charge is 0.242 e. The van der Waals surface area contributed by atoms with Crippen molar-refractivity contribution < 1.29 is 9.59 Å². The van der Waals surface area contributed by atoms with Gasteiger partial charge in [-0.2, -0.15) is 0 Å². The maximum absolute atomic E-state index is 12.6. The van der Waals surface area contributed by atoms with Crippen molar-refractivity contribution in [3.8, 4) is 0 Å². The van der Waals surface area contributed by atoms with Gasteiger partial charge < -0.3 is 16.0 Å². The molecule has 0 bridgehead atoms. The number of anilines is 1. The van der Waals surface area contributed by atoms with Crippen molar-refractivity contribution in [1.29, 1.82) is 0 Å². The molecule has 3 N–H and O–H groups in total. The highest BCUT2D eigenvalue weighted by atomic mass is 79.9. The number of nitrogens with zero attached hydrogens (tertiary/aromatic N) is 2. The van der Waals surface area contributed by atoms with Crippen molar-refractivity contribution in [3.63, 3.8) is 0 Å². The maximum atomic E-state index is 12.6. The molecule has 130 valence electrons. The van der Waals surface area contributed by atoms with E-state index in [2.05, 4.69) is 26.2 Å². The van der Waals surface area contributed by atoms with Crippen LogP contribution >= 0.6 is 15.9 Å². The zero-order chi connectivity index (χ0) is 17.2. The van der Waals surface area contributed by atoms with Gasteiger partial charge in [0, 0.05) is 29.7 Å². The summed E-state index contributed by atoms with van der Waals surface area (Å²) in [6.45, 7) is 1.20. The summed E-state index contributed by atoms with van der Waals surface area (Å²) in [7, 11) is 0. The van der Waals surface area contributed by atoms with Crippen LogP contribution in [-0.2, 0) is 9.59 Å². The average molecular weight is 395 g/mol. The molecule has 3 rings (SSSR count). The molecule has 7 heteroatoms. The molecule has 2 fully saturated rings. The maximum Gasteiger partial charge on any atom is 0.242 e. The Labute approximate surface area is 150 Å². The standard InChI is InChI=1S/C17H23BrN4O2/c18-13-3-4-14(20-11-13)21-15(23)12-5-9-22(10-6-12)16(24)17(19)7-1-2-8-17/h3-4,11-12H,1-2,5-10,19H2,(H,20,21,23). The summed E-state index contributed by atoms with van der Waals surface area (Å²) in [6.07, 6.45) is 6.61. The number of nitrogens with one attached hydrogen (secondary N) is 1. The minimum Gasteiger partial charge on any atom is -0.341 e. The highest BCUT2D eigenvalue weighted by Gasteiger charge is 2.41. The highest BCUT2D eigenvalue weighted by molar-refractivity contribution is 9.10. The molecule has 0 radical (unpaired) electrons. The second kappa shape index (κ2) is 7.19. The number of hydrogen-bond acceptors (Lipinski definition) is 4. The summed E-state index contributed by atoms with van der Waals surface area (Å²) in [6, 6.07) is 3.60. The molecule has 2 amide bonds. The Balaban J connectivity index is 1.52. The SMILES string of the molecule is NC1(C(=O)N2CCC(C(=O)Nc3ccc(Br)cn3)CC2)CCCC1. The van der Waals surface area contributed by atoms with Crippen LogP contribution in [0.3, 0.4) is 0 Å². The molecule has 1 aromatic rings. The molecule has 1 aliphatic heterocycles. The van der Waals surface area contributed by atoms with Crippen LogP contribution in [0.25, 0.3) is 0 Å². The third kappa shape index (κ3) is 3.78. The molecule has 1 aliphatic carbocycles. The normalized spacial score (nSPS) is 20.8. The fraction of sp³-hybridized carbons (Fsp3) is 0.588. The number of amides is 2. The summed E-state index contributed by atoms with van der Waals surface area (Å²) in [5.74, 6) is 0.499. The fourth-order valence-electron chi connectivity index (χ4n) is 3.56. The van der Waals surface area contributed by atoms with Gasteiger partial charge in [-0.05, 0) is 53.7 Å². The van der Waals surface area contributed by atoms with Gasteiger partial charge in [-0.15, -0.1) is 0 Å². The van der Waals surface area contributed by atoms with E-state index in [1.807, 2.05) is 11.0 Å². The molecule has 1 saturated heterocycles. The number of hydrogen-bond donors (Lipinski definition) is 2. The van der Waals surface area contributed by atoms with Gasteiger partial charge in [0.25, 0.3) is 0 Å². The largest absolute Gasteiger partial charge is 0.341 e. The monoisotopic (exact) mass is 394 g/mol. The van der Waals surface area contributed by atoms with Crippen LogP contribution < -0.4 is 11.1 Å². The minimum atomic E-state index is -0.670. The van der Waals surface area contributed by atoms with E-state index in [0.717, 1.165) is 30.2 Å². The van der Waals surface area contributed by atoms with E-state index >= 15 is 0 Å². The van der Waals surface area contributed by atoms with E-state index in [-0.39, 0.29) is 17.7 Å². The lowest BCUT2D eigenvalue weighted by molar-refractivity contribution is -0.139. The predicted octanol–water partition coefficient (Wildman–Crippen LogP) is 2.29. The summed E-state index contributed by atoms with van der Waals surface area (Å²) >= 11 is 3.32. The average Bonchev–Trinajstić information content (AvgIpc) is 3.04. The van der Waals surface area contributed by atoms with E-state index in [0.29, 0.717) is 31.7 Å². The molecular formula is C17H23BrN4O2. The van der Waals surface area contributed by atoms with Gasteiger partial charge in [-0.1, -0.05) is 12.8 Å². The van der Waals surface area contributed by atoms with Crippen molar-refractivity contribution in [2.75, 3.05) is 18.4 Å². The van der Waals surface area contributed by atoms with Crippen molar-refractivity contribution in [3.05, 3.63) is 22.8 Å². The number of aromatic nitrogens is 1. The summed E-state index contributed by atoms with van der Waals surface area (Å²) in [5.41, 5.74) is 5.59. The Morgan fingerprint density at radius 3 is 2.50 bits per heavy atom. The van der Waals surface area contributed by atoms with Crippen LogP contribution in [0.4, 0.5) is 5.82 Å². The molecule has 0 spiro atoms. The number of carbonyl (C=O) groups is 2. The number of halogens is 1. The van der Waals surface area contributed by atoms with Crippen LogP contribution in [0.2, 0.25) is 0 Å². The lowest BCUT2D eigenvalue weighted by Gasteiger charge is -2.36. The van der Waals surface area contributed by atoms with Crippen molar-refractivity contribution in [2.45, 2.75) is 44.1 Å². The molecule has 1 saturated carbocycles.